The zero-order valence-electron chi connectivity index (χ0n) is 9.56. The molecule has 2 unspecified atom stereocenters. The van der Waals surface area contributed by atoms with Crippen molar-refractivity contribution in [1.82, 2.24) is 4.90 Å². The molecule has 2 atom stereocenters. The first-order valence-electron chi connectivity index (χ1n) is 5.89. The third kappa shape index (κ3) is 3.34. The van der Waals surface area contributed by atoms with Gasteiger partial charge in [0.15, 0.2) is 0 Å². The van der Waals surface area contributed by atoms with Crippen molar-refractivity contribution < 1.29 is 9.53 Å². The van der Waals surface area contributed by atoms with Crippen LogP contribution in [0.4, 0.5) is 0 Å². The van der Waals surface area contributed by atoms with Crippen LogP contribution in [0.25, 0.3) is 0 Å². The Hall–Kier alpha value is -0.320. The summed E-state index contributed by atoms with van der Waals surface area (Å²) in [6.45, 7) is 3.08. The molecule has 0 bridgehead atoms. The monoisotopic (exact) mass is 248 g/mol. The van der Waals surface area contributed by atoms with Gasteiger partial charge in [0.05, 0.1) is 6.61 Å². The van der Waals surface area contributed by atoms with Gasteiger partial charge in [0.25, 0.3) is 0 Å². The van der Waals surface area contributed by atoms with E-state index in [9.17, 15) is 4.79 Å². The zero-order chi connectivity index (χ0) is 10.7. The standard InChI is InChI=1S/C11H20N2O2.ClH/c12-10-3-2-9(8-10)11(14)13-4-1-6-15-7-5-13;/h9-10H,1-8,12H2;1H. The molecule has 1 saturated heterocycles. The Labute approximate surface area is 103 Å². The summed E-state index contributed by atoms with van der Waals surface area (Å²) in [5.74, 6) is 0.478. The highest BCUT2D eigenvalue weighted by Crippen LogP contribution is 2.26. The Morgan fingerprint density at radius 1 is 1.25 bits per heavy atom. The first-order chi connectivity index (χ1) is 7.27. The fraction of sp³-hybridized carbons (Fsp3) is 0.909. The Kier molecular flexibility index (Phi) is 5.52. The summed E-state index contributed by atoms with van der Waals surface area (Å²) in [5, 5.41) is 0. The second kappa shape index (κ2) is 6.42. The minimum absolute atomic E-state index is 0. The second-order valence-corrected chi connectivity index (χ2v) is 4.56. The Balaban J connectivity index is 0.00000128. The van der Waals surface area contributed by atoms with Gasteiger partial charge in [0.2, 0.25) is 5.91 Å². The minimum atomic E-state index is 0. The quantitative estimate of drug-likeness (QED) is 0.746. The predicted molar refractivity (Wildman–Crippen MR) is 64.6 cm³/mol. The third-order valence-corrected chi connectivity index (χ3v) is 3.36. The number of nitrogens with two attached hydrogens (primary N) is 1. The van der Waals surface area contributed by atoms with Gasteiger partial charge in [0.1, 0.15) is 0 Å². The van der Waals surface area contributed by atoms with E-state index in [4.69, 9.17) is 10.5 Å². The van der Waals surface area contributed by atoms with Crippen LogP contribution in [0.5, 0.6) is 0 Å². The van der Waals surface area contributed by atoms with E-state index in [1.165, 1.54) is 0 Å². The molecule has 1 heterocycles. The van der Waals surface area contributed by atoms with Crippen LogP contribution in [0.1, 0.15) is 25.7 Å². The van der Waals surface area contributed by atoms with Crippen molar-refractivity contribution >= 4 is 18.3 Å². The highest BCUT2D eigenvalue weighted by Gasteiger charge is 2.31. The number of ether oxygens (including phenoxy) is 1. The van der Waals surface area contributed by atoms with Gasteiger partial charge < -0.3 is 15.4 Å². The summed E-state index contributed by atoms with van der Waals surface area (Å²) < 4.78 is 5.34. The summed E-state index contributed by atoms with van der Waals surface area (Å²) in [4.78, 5) is 14.1. The van der Waals surface area contributed by atoms with Gasteiger partial charge in [-0.25, -0.2) is 0 Å². The van der Waals surface area contributed by atoms with Crippen molar-refractivity contribution in [3.05, 3.63) is 0 Å². The second-order valence-electron chi connectivity index (χ2n) is 4.56. The van der Waals surface area contributed by atoms with Crippen LogP contribution in [0.2, 0.25) is 0 Å². The van der Waals surface area contributed by atoms with Crippen LogP contribution in [0.3, 0.4) is 0 Å². The van der Waals surface area contributed by atoms with Gasteiger partial charge in [-0.3, -0.25) is 4.79 Å². The van der Waals surface area contributed by atoms with Crippen molar-refractivity contribution in [2.45, 2.75) is 31.7 Å². The molecule has 0 aromatic heterocycles. The van der Waals surface area contributed by atoms with Gasteiger partial charge in [-0.2, -0.15) is 0 Å². The predicted octanol–water partition coefficient (Wildman–Crippen LogP) is 0.784. The summed E-state index contributed by atoms with van der Waals surface area (Å²) >= 11 is 0. The molecule has 4 nitrogen and oxygen atoms in total. The van der Waals surface area contributed by atoms with Crippen LogP contribution in [-0.4, -0.2) is 43.2 Å². The van der Waals surface area contributed by atoms with Crippen molar-refractivity contribution in [2.75, 3.05) is 26.3 Å². The molecule has 0 aromatic rings. The van der Waals surface area contributed by atoms with Crippen LogP contribution in [-0.2, 0) is 9.53 Å². The smallest absolute Gasteiger partial charge is 0.225 e. The lowest BCUT2D eigenvalue weighted by Crippen LogP contribution is -2.37. The molecule has 1 amide bonds. The molecule has 2 N–H and O–H groups in total. The number of hydrogen-bond donors (Lipinski definition) is 1. The maximum Gasteiger partial charge on any atom is 0.225 e. The molecule has 16 heavy (non-hydrogen) atoms. The van der Waals surface area contributed by atoms with Crippen LogP contribution < -0.4 is 5.73 Å². The number of halogens is 1. The Morgan fingerprint density at radius 3 is 2.75 bits per heavy atom. The highest BCUT2D eigenvalue weighted by molar-refractivity contribution is 5.85. The lowest BCUT2D eigenvalue weighted by atomic mass is 10.1. The number of amides is 1. The highest BCUT2D eigenvalue weighted by atomic mass is 35.5. The van der Waals surface area contributed by atoms with Crippen LogP contribution in [0.15, 0.2) is 0 Å². The Morgan fingerprint density at radius 2 is 2.06 bits per heavy atom. The number of carbonyl (C=O) groups excluding carboxylic acids is 1. The number of rotatable bonds is 1. The topological polar surface area (TPSA) is 55.6 Å². The largest absolute Gasteiger partial charge is 0.380 e. The van der Waals surface area contributed by atoms with Gasteiger partial charge in [0, 0.05) is 31.7 Å². The summed E-state index contributed by atoms with van der Waals surface area (Å²) in [6.07, 6.45) is 3.80. The lowest BCUT2D eigenvalue weighted by molar-refractivity contribution is -0.135. The molecule has 0 spiro atoms. The van der Waals surface area contributed by atoms with E-state index < -0.39 is 0 Å². The van der Waals surface area contributed by atoms with E-state index in [1.54, 1.807) is 0 Å². The summed E-state index contributed by atoms with van der Waals surface area (Å²) in [7, 11) is 0. The van der Waals surface area contributed by atoms with E-state index in [1.807, 2.05) is 4.90 Å². The molecule has 2 fully saturated rings. The number of nitrogens with zero attached hydrogens (tertiary/aromatic N) is 1. The average molecular weight is 249 g/mol. The normalized spacial score (nSPS) is 30.7. The van der Waals surface area contributed by atoms with Gasteiger partial charge in [-0.05, 0) is 25.7 Å². The molecule has 0 aromatic carbocycles. The maximum atomic E-state index is 12.1. The average Bonchev–Trinajstić information content (AvgIpc) is 2.53. The molecule has 0 radical (unpaired) electrons. The molecular weight excluding hydrogens is 228 g/mol. The fourth-order valence-corrected chi connectivity index (χ4v) is 2.47. The van der Waals surface area contributed by atoms with E-state index in [0.29, 0.717) is 12.5 Å². The fourth-order valence-electron chi connectivity index (χ4n) is 2.47. The lowest BCUT2D eigenvalue weighted by Gasteiger charge is -2.23. The molecule has 1 saturated carbocycles. The maximum absolute atomic E-state index is 12.1. The SMILES string of the molecule is Cl.NC1CCC(C(=O)N2CCCOCC2)C1. The van der Waals surface area contributed by atoms with Gasteiger partial charge in [-0.1, -0.05) is 0 Å². The van der Waals surface area contributed by atoms with Crippen molar-refractivity contribution in [3.63, 3.8) is 0 Å². The van der Waals surface area contributed by atoms with Gasteiger partial charge >= 0.3 is 0 Å². The first-order valence-corrected chi connectivity index (χ1v) is 5.89. The molecule has 2 rings (SSSR count). The first kappa shape index (κ1) is 13.7. The molecule has 2 aliphatic rings. The zero-order valence-corrected chi connectivity index (χ0v) is 10.4. The molecule has 5 heteroatoms. The van der Waals surface area contributed by atoms with E-state index >= 15 is 0 Å². The molecule has 1 aliphatic heterocycles. The van der Waals surface area contributed by atoms with E-state index in [2.05, 4.69) is 0 Å². The summed E-state index contributed by atoms with van der Waals surface area (Å²) in [5.41, 5.74) is 5.83. The van der Waals surface area contributed by atoms with Crippen molar-refractivity contribution in [3.8, 4) is 0 Å². The Bertz CT molecular complexity index is 230. The summed E-state index contributed by atoms with van der Waals surface area (Å²) in [6, 6.07) is 0.238. The van der Waals surface area contributed by atoms with Crippen molar-refractivity contribution in [1.29, 1.82) is 0 Å². The van der Waals surface area contributed by atoms with Crippen LogP contribution in [0, 0.1) is 5.92 Å². The van der Waals surface area contributed by atoms with E-state index in [-0.39, 0.29) is 24.4 Å². The molecule has 94 valence electrons. The molecular formula is C11H21ClN2O2. The number of carbonyl (C=O) groups is 1. The molecule has 1 aliphatic carbocycles. The van der Waals surface area contributed by atoms with E-state index in [0.717, 1.165) is 45.4 Å². The van der Waals surface area contributed by atoms with Gasteiger partial charge in [-0.15, -0.1) is 12.4 Å². The third-order valence-electron chi connectivity index (χ3n) is 3.36. The van der Waals surface area contributed by atoms with Crippen LogP contribution >= 0.6 is 12.4 Å². The number of hydrogen-bond acceptors (Lipinski definition) is 3. The minimum Gasteiger partial charge on any atom is -0.380 e. The van der Waals surface area contributed by atoms with Crippen molar-refractivity contribution in [2.24, 2.45) is 11.7 Å².